The van der Waals surface area contributed by atoms with Crippen LogP contribution in [0.1, 0.15) is 61.1 Å². The van der Waals surface area contributed by atoms with Crippen LogP contribution < -0.4 is 4.90 Å². The molecule has 0 radical (unpaired) electrons. The van der Waals surface area contributed by atoms with Gasteiger partial charge in [0, 0.05) is 33.5 Å². The van der Waals surface area contributed by atoms with Gasteiger partial charge in [0.15, 0.2) is 0 Å². The molecule has 4 bridgehead atoms. The number of rotatable bonds is 6. The second kappa shape index (κ2) is 14.0. The smallest absolute Gasteiger partial charge is 0.0618 e. The van der Waals surface area contributed by atoms with Crippen LogP contribution in [0.15, 0.2) is 194 Å². The average molecular weight is 798 g/mol. The minimum Gasteiger partial charge on any atom is -0.309 e. The minimum absolute atomic E-state index is 0.232. The summed E-state index contributed by atoms with van der Waals surface area (Å²) in [4.78, 5) is 2.51. The van der Waals surface area contributed by atoms with Gasteiger partial charge < -0.3 is 4.90 Å². The van der Waals surface area contributed by atoms with Gasteiger partial charge in [-0.25, -0.2) is 0 Å². The molecule has 300 valence electrons. The minimum atomic E-state index is 0.232. The molecule has 0 aliphatic heterocycles. The van der Waals surface area contributed by atoms with Gasteiger partial charge in [0.05, 0.1) is 5.69 Å². The predicted molar refractivity (Wildman–Crippen MR) is 260 cm³/mol. The maximum atomic E-state index is 2.66. The van der Waals surface area contributed by atoms with E-state index in [0.29, 0.717) is 5.92 Å². The van der Waals surface area contributed by atoms with E-state index in [1.54, 1.807) is 16.7 Å². The number of nitrogens with zero attached hydrogens (tertiary/aromatic N) is 1. The molecule has 6 aliphatic rings. The van der Waals surface area contributed by atoms with E-state index < -0.39 is 0 Å². The van der Waals surface area contributed by atoms with Crippen molar-refractivity contribution in [2.75, 3.05) is 4.90 Å². The molecule has 6 aliphatic carbocycles. The van der Waals surface area contributed by atoms with Crippen LogP contribution in [0.25, 0.3) is 54.9 Å². The summed E-state index contributed by atoms with van der Waals surface area (Å²) in [6.07, 6.45) is 15.7. The number of anilines is 3. The van der Waals surface area contributed by atoms with Crippen LogP contribution >= 0.6 is 0 Å². The Bertz CT molecular complexity index is 3010. The Balaban J connectivity index is 1.00. The lowest BCUT2D eigenvalue weighted by molar-refractivity contribution is -0.0423. The van der Waals surface area contributed by atoms with E-state index in [9.17, 15) is 0 Å². The van der Waals surface area contributed by atoms with E-state index in [-0.39, 0.29) is 5.41 Å². The molecule has 0 saturated heterocycles. The van der Waals surface area contributed by atoms with Gasteiger partial charge in [0.25, 0.3) is 0 Å². The van der Waals surface area contributed by atoms with Crippen LogP contribution in [0, 0.1) is 30.6 Å². The molecule has 4 saturated carbocycles. The average Bonchev–Trinajstić information content (AvgIpc) is 3.61. The fourth-order valence-corrected chi connectivity index (χ4v) is 13.8. The zero-order chi connectivity index (χ0) is 40.9. The zero-order valence-electron chi connectivity index (χ0n) is 35.5. The number of benzene rings is 8. The highest BCUT2D eigenvalue weighted by molar-refractivity contribution is 6.22. The summed E-state index contributed by atoms with van der Waals surface area (Å²) >= 11 is 0. The summed E-state index contributed by atoms with van der Waals surface area (Å²) < 4.78 is 0. The van der Waals surface area contributed by atoms with E-state index in [1.165, 1.54) is 98.3 Å². The predicted octanol–water partition coefficient (Wildman–Crippen LogP) is 16.4. The highest BCUT2D eigenvalue weighted by Crippen LogP contribution is 2.71. The normalized spacial score (nSPS) is 24.1. The van der Waals surface area contributed by atoms with Crippen molar-refractivity contribution in [1.29, 1.82) is 0 Å². The third kappa shape index (κ3) is 5.40. The van der Waals surface area contributed by atoms with Crippen molar-refractivity contribution >= 4 is 38.6 Å². The molecule has 0 heterocycles. The lowest BCUT2D eigenvalue weighted by Crippen LogP contribution is -2.55. The molecule has 0 N–H and O–H groups in total. The van der Waals surface area contributed by atoms with Gasteiger partial charge in [-0.15, -0.1) is 0 Å². The van der Waals surface area contributed by atoms with Crippen molar-refractivity contribution in [3.05, 3.63) is 210 Å². The molecule has 62 heavy (non-hydrogen) atoms. The van der Waals surface area contributed by atoms with Crippen LogP contribution in [-0.2, 0) is 5.41 Å². The number of fused-ring (bicyclic) bond motifs is 5. The van der Waals surface area contributed by atoms with Gasteiger partial charge in [0.1, 0.15) is 0 Å². The maximum Gasteiger partial charge on any atom is 0.0618 e. The summed E-state index contributed by atoms with van der Waals surface area (Å²) in [7, 11) is 0. The molecule has 4 fully saturated rings. The SMILES string of the molecule is Cc1ccc(-c2ccc(N(c3ccc(-c4ccccc4)cc3)c3c4ccccc4c(-c4ccc5c(c4)C4CC=CC=C4C54C5CC6CC(C5)CC4C6)c4ccccc34)cc2)cc1. The van der Waals surface area contributed by atoms with Crippen LogP contribution in [0.3, 0.4) is 0 Å². The van der Waals surface area contributed by atoms with Crippen LogP contribution in [0.2, 0.25) is 0 Å². The fourth-order valence-electron chi connectivity index (χ4n) is 13.8. The topological polar surface area (TPSA) is 3.24 Å². The van der Waals surface area contributed by atoms with Crippen molar-refractivity contribution in [2.24, 2.45) is 23.7 Å². The third-order valence-corrected chi connectivity index (χ3v) is 16.1. The number of hydrogen-bond acceptors (Lipinski definition) is 1. The first-order valence-corrected chi connectivity index (χ1v) is 23.2. The molecule has 1 heteroatoms. The molecule has 0 aromatic heterocycles. The lowest BCUT2D eigenvalue weighted by atomic mass is 9.42. The molecule has 1 spiro atoms. The summed E-state index contributed by atoms with van der Waals surface area (Å²) in [5.41, 5.74) is 17.6. The van der Waals surface area contributed by atoms with E-state index in [4.69, 9.17) is 0 Å². The number of allylic oxidation sites excluding steroid dienone is 4. The Kier molecular flexibility index (Phi) is 8.21. The third-order valence-electron chi connectivity index (χ3n) is 16.1. The Morgan fingerprint density at radius 3 is 1.56 bits per heavy atom. The molecule has 8 aromatic rings. The van der Waals surface area contributed by atoms with Gasteiger partial charge in [-0.05, 0) is 149 Å². The summed E-state index contributed by atoms with van der Waals surface area (Å²) in [6, 6.07) is 64.1. The maximum absolute atomic E-state index is 2.66. The van der Waals surface area contributed by atoms with E-state index in [0.717, 1.165) is 41.5 Å². The van der Waals surface area contributed by atoms with Crippen molar-refractivity contribution in [3.63, 3.8) is 0 Å². The Morgan fingerprint density at radius 1 is 0.484 bits per heavy atom. The number of hydrogen-bond donors (Lipinski definition) is 0. The van der Waals surface area contributed by atoms with Gasteiger partial charge in [-0.2, -0.15) is 0 Å². The van der Waals surface area contributed by atoms with E-state index in [2.05, 4.69) is 200 Å². The zero-order valence-corrected chi connectivity index (χ0v) is 35.5. The quantitative estimate of drug-likeness (QED) is 0.152. The van der Waals surface area contributed by atoms with Crippen LogP contribution in [0.4, 0.5) is 17.1 Å². The highest BCUT2D eigenvalue weighted by atomic mass is 15.1. The summed E-state index contributed by atoms with van der Waals surface area (Å²) in [6.45, 7) is 2.15. The van der Waals surface area contributed by atoms with Crippen molar-refractivity contribution in [1.82, 2.24) is 0 Å². The molecule has 8 aromatic carbocycles. The van der Waals surface area contributed by atoms with Gasteiger partial charge in [-0.3, -0.25) is 0 Å². The van der Waals surface area contributed by atoms with Crippen LogP contribution in [0.5, 0.6) is 0 Å². The molecule has 14 rings (SSSR count). The van der Waals surface area contributed by atoms with Crippen molar-refractivity contribution in [3.8, 4) is 33.4 Å². The molecule has 1 unspecified atom stereocenters. The molecule has 1 nitrogen and oxygen atoms in total. The summed E-state index contributed by atoms with van der Waals surface area (Å²) in [5, 5.41) is 5.11. The van der Waals surface area contributed by atoms with Gasteiger partial charge in [0.2, 0.25) is 0 Å². The van der Waals surface area contributed by atoms with Crippen molar-refractivity contribution < 1.29 is 0 Å². The Labute approximate surface area is 366 Å². The second-order valence-corrected chi connectivity index (χ2v) is 19.3. The monoisotopic (exact) mass is 797 g/mol. The van der Waals surface area contributed by atoms with Crippen molar-refractivity contribution in [2.45, 2.75) is 56.8 Å². The molecular weight excluding hydrogens is 747 g/mol. The molecule has 0 amide bonds. The fraction of sp³-hybridized carbons (Fsp3) is 0.213. The Morgan fingerprint density at radius 2 is 0.984 bits per heavy atom. The number of aryl methyl sites for hydroxylation is 1. The standard InChI is InChI=1S/C61H51N/c1-39-19-21-43(22-20-39)45-25-30-50(31-26-45)62(49-28-23-44(24-29-49)42-11-3-2-4-12-42)60-54-16-7-5-14-52(54)59(53-15-6-8-17-55(53)60)46-27-32-58-56(38-46)51-13-9-10-18-57(51)61(58)47-34-40-33-41(36-47)37-48(61)35-40/h2-12,14-32,38,40-41,47-48,51H,13,33-37H2,1H3. The first kappa shape index (κ1) is 36.2. The summed E-state index contributed by atoms with van der Waals surface area (Å²) in [5.74, 6) is 3.99. The van der Waals surface area contributed by atoms with Gasteiger partial charge >= 0.3 is 0 Å². The first-order valence-electron chi connectivity index (χ1n) is 23.2. The molecule has 1 atom stereocenters. The van der Waals surface area contributed by atoms with E-state index >= 15 is 0 Å². The van der Waals surface area contributed by atoms with Gasteiger partial charge in [-0.1, -0.05) is 175 Å². The molecular formula is C61H51N. The Hall–Kier alpha value is -6.44. The van der Waals surface area contributed by atoms with Crippen LogP contribution in [-0.4, -0.2) is 0 Å². The first-order chi connectivity index (χ1) is 30.6. The lowest BCUT2D eigenvalue weighted by Gasteiger charge is -2.61. The largest absolute Gasteiger partial charge is 0.309 e. The second-order valence-electron chi connectivity index (χ2n) is 19.3. The van der Waals surface area contributed by atoms with E-state index in [1.807, 2.05) is 0 Å². The highest BCUT2D eigenvalue weighted by Gasteiger charge is 2.63.